The number of hydrogen-bond acceptors (Lipinski definition) is 6. The van der Waals surface area contributed by atoms with Gasteiger partial charge in [-0.1, -0.05) is 18.2 Å². The Morgan fingerprint density at radius 3 is 2.62 bits per heavy atom. The number of esters is 1. The molecule has 1 aromatic carbocycles. The summed E-state index contributed by atoms with van der Waals surface area (Å²) in [6.45, 7) is 1.80. The fraction of sp³-hybridized carbons (Fsp3) is 0.182. The number of ether oxygens (including phenoxy) is 1. The molecule has 29 heavy (non-hydrogen) atoms. The number of nitrogens with zero attached hydrogens (tertiary/aromatic N) is 2. The summed E-state index contributed by atoms with van der Waals surface area (Å²) in [5, 5.41) is 4.30. The van der Waals surface area contributed by atoms with E-state index >= 15 is 0 Å². The molecule has 0 spiro atoms. The molecular formula is C22H19N3O4. The Morgan fingerprint density at radius 1 is 1.10 bits per heavy atom. The van der Waals surface area contributed by atoms with Crippen molar-refractivity contribution in [3.8, 4) is 5.75 Å². The molecule has 0 saturated heterocycles. The predicted molar refractivity (Wildman–Crippen MR) is 106 cm³/mol. The van der Waals surface area contributed by atoms with Gasteiger partial charge in [0.1, 0.15) is 11.5 Å². The monoisotopic (exact) mass is 389 g/mol. The molecule has 7 heteroatoms. The summed E-state index contributed by atoms with van der Waals surface area (Å²) in [5.74, 6) is 0.421. The van der Waals surface area contributed by atoms with Crippen molar-refractivity contribution in [2.45, 2.75) is 26.2 Å². The molecule has 0 aliphatic heterocycles. The fourth-order valence-electron chi connectivity index (χ4n) is 3.30. The first-order valence-electron chi connectivity index (χ1n) is 9.30. The third kappa shape index (κ3) is 3.94. The topological polar surface area (TPSA) is 93.8 Å². The molecule has 0 atom stereocenters. The van der Waals surface area contributed by atoms with E-state index in [0.29, 0.717) is 41.2 Å². The summed E-state index contributed by atoms with van der Waals surface area (Å²) < 4.78 is 11.2. The molecule has 0 saturated carbocycles. The highest BCUT2D eigenvalue weighted by atomic mass is 16.5. The highest BCUT2D eigenvalue weighted by Crippen LogP contribution is 2.30. The third-order valence-corrected chi connectivity index (χ3v) is 4.70. The minimum Gasteiger partial charge on any atom is -0.453 e. The van der Waals surface area contributed by atoms with E-state index in [1.165, 1.54) is 0 Å². The van der Waals surface area contributed by atoms with E-state index in [0.717, 1.165) is 12.0 Å². The predicted octanol–water partition coefficient (Wildman–Crippen LogP) is 3.67. The maximum Gasteiger partial charge on any atom is 0.379 e. The summed E-state index contributed by atoms with van der Waals surface area (Å²) >= 11 is 0. The number of furan rings is 1. The van der Waals surface area contributed by atoms with Crippen LogP contribution < -0.4 is 10.2 Å². The minimum atomic E-state index is -0.553. The number of benzene rings is 1. The lowest BCUT2D eigenvalue weighted by Gasteiger charge is -2.13. The highest BCUT2D eigenvalue weighted by Gasteiger charge is 2.29. The zero-order valence-electron chi connectivity index (χ0n) is 15.8. The number of para-hydroxylation sites is 1. The molecule has 1 amide bonds. The molecule has 1 aliphatic carbocycles. The first kappa shape index (κ1) is 18.6. The molecule has 1 aliphatic rings. The average Bonchev–Trinajstić information content (AvgIpc) is 3.10. The van der Waals surface area contributed by atoms with Crippen molar-refractivity contribution in [2.75, 3.05) is 0 Å². The van der Waals surface area contributed by atoms with Crippen LogP contribution in [-0.2, 0) is 6.42 Å². The van der Waals surface area contributed by atoms with Gasteiger partial charge in [0.25, 0.3) is 5.91 Å². The van der Waals surface area contributed by atoms with Gasteiger partial charge in [-0.2, -0.15) is 5.10 Å². The summed E-state index contributed by atoms with van der Waals surface area (Å²) in [6, 6.07) is 12.1. The molecule has 146 valence electrons. The van der Waals surface area contributed by atoms with E-state index in [2.05, 4.69) is 15.5 Å². The number of amides is 1. The van der Waals surface area contributed by atoms with Gasteiger partial charge in [-0.25, -0.2) is 10.2 Å². The first-order valence-corrected chi connectivity index (χ1v) is 9.30. The largest absolute Gasteiger partial charge is 0.453 e. The second-order valence-corrected chi connectivity index (χ2v) is 6.65. The lowest BCUT2D eigenvalue weighted by molar-refractivity contribution is 0.0698. The van der Waals surface area contributed by atoms with Crippen LogP contribution in [0.4, 0.5) is 0 Å². The lowest BCUT2D eigenvalue weighted by Crippen LogP contribution is -2.22. The van der Waals surface area contributed by atoms with E-state index in [4.69, 9.17) is 9.15 Å². The zero-order valence-corrected chi connectivity index (χ0v) is 15.8. The lowest BCUT2D eigenvalue weighted by atomic mass is 9.93. The van der Waals surface area contributed by atoms with E-state index in [-0.39, 0.29) is 11.7 Å². The van der Waals surface area contributed by atoms with Crippen LogP contribution in [0.25, 0.3) is 0 Å². The Labute approximate surface area is 167 Å². The van der Waals surface area contributed by atoms with Gasteiger partial charge in [0.05, 0.1) is 5.71 Å². The van der Waals surface area contributed by atoms with Crippen LogP contribution >= 0.6 is 0 Å². The van der Waals surface area contributed by atoms with Crippen molar-refractivity contribution in [2.24, 2.45) is 5.10 Å². The number of pyridine rings is 1. The second kappa shape index (κ2) is 8.10. The van der Waals surface area contributed by atoms with Gasteiger partial charge in [-0.3, -0.25) is 9.78 Å². The zero-order chi connectivity index (χ0) is 20.2. The molecule has 7 nitrogen and oxygen atoms in total. The van der Waals surface area contributed by atoms with Crippen molar-refractivity contribution in [3.05, 3.63) is 83.1 Å². The Bertz CT molecular complexity index is 1070. The summed E-state index contributed by atoms with van der Waals surface area (Å²) in [4.78, 5) is 28.7. The summed E-state index contributed by atoms with van der Waals surface area (Å²) in [6.07, 6.45) is 5.29. The standard InChI is InChI=1S/C22H19N3O4/c1-14-19-17(24-25-21(26)15-10-12-23-13-11-15)8-5-9-18(19)29-20(14)22(27)28-16-6-3-2-4-7-16/h2-4,6-7,10-13H,5,8-9H2,1H3,(H,25,26)/b24-17+. The van der Waals surface area contributed by atoms with Gasteiger partial charge < -0.3 is 9.15 Å². The quantitative estimate of drug-likeness (QED) is 0.417. The number of hydrogen-bond donors (Lipinski definition) is 1. The van der Waals surface area contributed by atoms with Crippen molar-refractivity contribution in [1.82, 2.24) is 10.4 Å². The molecule has 0 fully saturated rings. The smallest absolute Gasteiger partial charge is 0.379 e. The van der Waals surface area contributed by atoms with E-state index in [1.54, 1.807) is 55.7 Å². The van der Waals surface area contributed by atoms with Crippen LogP contribution in [0.5, 0.6) is 5.75 Å². The Hall–Kier alpha value is -3.74. The van der Waals surface area contributed by atoms with Gasteiger partial charge in [0, 0.05) is 35.5 Å². The Balaban J connectivity index is 1.57. The maximum atomic E-state index is 12.6. The average molecular weight is 389 g/mol. The maximum absolute atomic E-state index is 12.6. The number of carbonyl (C=O) groups excluding carboxylic acids is 2. The fourth-order valence-corrected chi connectivity index (χ4v) is 3.30. The van der Waals surface area contributed by atoms with Crippen molar-refractivity contribution in [3.63, 3.8) is 0 Å². The molecule has 4 rings (SSSR count). The van der Waals surface area contributed by atoms with E-state index in [9.17, 15) is 9.59 Å². The minimum absolute atomic E-state index is 0.161. The molecule has 0 bridgehead atoms. The second-order valence-electron chi connectivity index (χ2n) is 6.65. The summed E-state index contributed by atoms with van der Waals surface area (Å²) in [5.41, 5.74) is 5.17. The van der Waals surface area contributed by atoms with Gasteiger partial charge in [0.15, 0.2) is 0 Å². The normalized spacial score (nSPS) is 14.3. The number of aryl methyl sites for hydroxylation is 1. The molecule has 1 N–H and O–H groups in total. The van der Waals surface area contributed by atoms with Crippen LogP contribution in [-0.4, -0.2) is 22.6 Å². The summed E-state index contributed by atoms with van der Waals surface area (Å²) in [7, 11) is 0. The van der Waals surface area contributed by atoms with Crippen molar-refractivity contribution < 1.29 is 18.7 Å². The third-order valence-electron chi connectivity index (χ3n) is 4.70. The molecule has 3 aromatic rings. The number of rotatable bonds is 4. The Kier molecular flexibility index (Phi) is 5.20. The SMILES string of the molecule is Cc1c(C(=O)Oc2ccccc2)oc2c1/C(=N/NC(=O)c1ccncc1)CCC2. The van der Waals surface area contributed by atoms with E-state index < -0.39 is 5.97 Å². The molecule has 0 radical (unpaired) electrons. The number of fused-ring (bicyclic) bond motifs is 1. The van der Waals surface area contributed by atoms with Crippen LogP contribution in [0.1, 0.15) is 50.6 Å². The highest BCUT2D eigenvalue weighted by molar-refractivity contribution is 6.06. The molecule has 2 heterocycles. The van der Waals surface area contributed by atoms with Crippen molar-refractivity contribution in [1.29, 1.82) is 0 Å². The van der Waals surface area contributed by atoms with Crippen molar-refractivity contribution >= 4 is 17.6 Å². The van der Waals surface area contributed by atoms with Gasteiger partial charge in [-0.15, -0.1) is 0 Å². The van der Waals surface area contributed by atoms with E-state index in [1.807, 2.05) is 6.07 Å². The van der Waals surface area contributed by atoms with Gasteiger partial charge in [-0.05, 0) is 44.0 Å². The van der Waals surface area contributed by atoms with Crippen LogP contribution in [0, 0.1) is 6.92 Å². The van der Waals surface area contributed by atoms with Crippen LogP contribution in [0.2, 0.25) is 0 Å². The number of carbonyl (C=O) groups is 2. The first-order chi connectivity index (χ1) is 14.1. The van der Waals surface area contributed by atoms with Crippen LogP contribution in [0.15, 0.2) is 64.4 Å². The number of hydrazone groups is 1. The number of aromatic nitrogens is 1. The Morgan fingerprint density at radius 2 is 1.86 bits per heavy atom. The van der Waals surface area contributed by atoms with Gasteiger partial charge in [0.2, 0.25) is 5.76 Å². The molecule has 2 aromatic heterocycles. The molecular weight excluding hydrogens is 370 g/mol. The van der Waals surface area contributed by atoms with Gasteiger partial charge >= 0.3 is 5.97 Å². The molecule has 0 unspecified atom stereocenters. The number of nitrogens with one attached hydrogen (secondary N) is 1. The van der Waals surface area contributed by atoms with Crippen LogP contribution in [0.3, 0.4) is 0 Å².